The van der Waals surface area contributed by atoms with Crippen molar-refractivity contribution in [2.75, 3.05) is 0 Å². The highest BCUT2D eigenvalue weighted by molar-refractivity contribution is 5.46. The summed E-state index contributed by atoms with van der Waals surface area (Å²) in [6, 6.07) is 9.21. The van der Waals surface area contributed by atoms with Gasteiger partial charge in [-0.15, -0.1) is 0 Å². The SMILES string of the molecule is CCc1ccc(Oc2ccc(O)c(O)c2)cc1O. The number of phenolic OH excluding ortho intramolecular Hbond substituents is 3. The Morgan fingerprint density at radius 2 is 1.44 bits per heavy atom. The van der Waals surface area contributed by atoms with Crippen LogP contribution in [0.1, 0.15) is 12.5 Å². The zero-order valence-electron chi connectivity index (χ0n) is 9.92. The Labute approximate surface area is 105 Å². The van der Waals surface area contributed by atoms with E-state index in [4.69, 9.17) is 4.74 Å². The molecule has 0 aliphatic carbocycles. The van der Waals surface area contributed by atoms with Gasteiger partial charge in [-0.2, -0.15) is 0 Å². The van der Waals surface area contributed by atoms with E-state index in [1.54, 1.807) is 12.1 Å². The molecule has 2 aromatic rings. The van der Waals surface area contributed by atoms with E-state index in [9.17, 15) is 15.3 Å². The predicted octanol–water partition coefficient (Wildman–Crippen LogP) is 3.16. The number of phenols is 3. The van der Waals surface area contributed by atoms with Crippen molar-refractivity contribution in [3.8, 4) is 28.7 Å². The van der Waals surface area contributed by atoms with Gasteiger partial charge in [0.1, 0.15) is 17.2 Å². The Hall–Kier alpha value is -2.36. The second-order valence-corrected chi connectivity index (χ2v) is 3.90. The number of hydrogen-bond donors (Lipinski definition) is 3. The van der Waals surface area contributed by atoms with Crippen molar-refractivity contribution in [1.82, 2.24) is 0 Å². The standard InChI is InChI=1S/C14H14O4/c1-2-9-3-4-10(7-13(9)16)18-11-5-6-12(15)14(17)8-11/h3-8,15-17H,2H2,1H3. The van der Waals surface area contributed by atoms with Crippen LogP contribution in [0.2, 0.25) is 0 Å². The summed E-state index contributed by atoms with van der Waals surface area (Å²) in [5, 5.41) is 28.2. The quantitative estimate of drug-likeness (QED) is 0.727. The first kappa shape index (κ1) is 12.1. The molecular weight excluding hydrogens is 232 g/mol. The van der Waals surface area contributed by atoms with Crippen molar-refractivity contribution in [1.29, 1.82) is 0 Å². The van der Waals surface area contributed by atoms with E-state index >= 15 is 0 Å². The molecule has 0 fully saturated rings. The summed E-state index contributed by atoms with van der Waals surface area (Å²) in [5.41, 5.74) is 0.843. The van der Waals surface area contributed by atoms with Crippen molar-refractivity contribution in [2.45, 2.75) is 13.3 Å². The Morgan fingerprint density at radius 1 is 0.833 bits per heavy atom. The zero-order valence-corrected chi connectivity index (χ0v) is 9.92. The van der Waals surface area contributed by atoms with Gasteiger partial charge in [-0.05, 0) is 30.2 Å². The highest BCUT2D eigenvalue weighted by Crippen LogP contribution is 2.33. The highest BCUT2D eigenvalue weighted by atomic mass is 16.5. The normalized spacial score (nSPS) is 10.3. The fraction of sp³-hybridized carbons (Fsp3) is 0.143. The van der Waals surface area contributed by atoms with Crippen molar-refractivity contribution in [2.24, 2.45) is 0 Å². The van der Waals surface area contributed by atoms with Crippen LogP contribution in [0.25, 0.3) is 0 Å². The summed E-state index contributed by atoms with van der Waals surface area (Å²) in [5.74, 6) is 0.579. The number of ether oxygens (including phenoxy) is 1. The van der Waals surface area contributed by atoms with Gasteiger partial charge < -0.3 is 20.1 Å². The lowest BCUT2D eigenvalue weighted by atomic mass is 10.1. The summed E-state index contributed by atoms with van der Waals surface area (Å²) in [6.07, 6.45) is 0.742. The lowest BCUT2D eigenvalue weighted by Crippen LogP contribution is -1.86. The van der Waals surface area contributed by atoms with E-state index < -0.39 is 0 Å². The summed E-state index contributed by atoms with van der Waals surface area (Å²) in [6.45, 7) is 1.95. The molecule has 0 saturated carbocycles. The third kappa shape index (κ3) is 2.48. The second kappa shape index (κ2) is 4.87. The van der Waals surface area contributed by atoms with Gasteiger partial charge in [0.05, 0.1) is 0 Å². The van der Waals surface area contributed by atoms with Crippen molar-refractivity contribution in [3.05, 3.63) is 42.0 Å². The molecule has 0 radical (unpaired) electrons. The number of rotatable bonds is 3. The Morgan fingerprint density at radius 3 is 2.00 bits per heavy atom. The molecule has 0 spiro atoms. The molecule has 0 saturated heterocycles. The second-order valence-electron chi connectivity index (χ2n) is 3.90. The van der Waals surface area contributed by atoms with E-state index in [0.717, 1.165) is 12.0 Å². The van der Waals surface area contributed by atoms with Crippen LogP contribution in [-0.2, 0) is 6.42 Å². The summed E-state index contributed by atoms with van der Waals surface area (Å²) < 4.78 is 5.46. The third-order valence-corrected chi connectivity index (χ3v) is 2.62. The van der Waals surface area contributed by atoms with Gasteiger partial charge in [-0.3, -0.25) is 0 Å². The Kier molecular flexibility index (Phi) is 3.28. The first-order chi connectivity index (χ1) is 8.60. The van der Waals surface area contributed by atoms with E-state index in [1.165, 1.54) is 24.3 Å². The van der Waals surface area contributed by atoms with Gasteiger partial charge in [0, 0.05) is 12.1 Å². The summed E-state index contributed by atoms with van der Waals surface area (Å²) >= 11 is 0. The smallest absolute Gasteiger partial charge is 0.161 e. The van der Waals surface area contributed by atoms with Crippen molar-refractivity contribution < 1.29 is 20.1 Å². The Balaban J connectivity index is 2.23. The molecule has 2 aromatic carbocycles. The fourth-order valence-corrected chi connectivity index (χ4v) is 1.61. The van der Waals surface area contributed by atoms with Crippen LogP contribution < -0.4 is 4.74 Å². The molecule has 0 aliphatic heterocycles. The van der Waals surface area contributed by atoms with Crippen LogP contribution in [0.5, 0.6) is 28.7 Å². The minimum atomic E-state index is -0.248. The Bertz CT molecular complexity index is 564. The molecule has 0 aliphatic rings. The molecule has 0 amide bonds. The minimum Gasteiger partial charge on any atom is -0.508 e. The molecule has 0 heterocycles. The van der Waals surface area contributed by atoms with Crippen molar-refractivity contribution >= 4 is 0 Å². The van der Waals surface area contributed by atoms with Crippen LogP contribution in [0.3, 0.4) is 0 Å². The maximum absolute atomic E-state index is 9.70. The van der Waals surface area contributed by atoms with Crippen LogP contribution in [0, 0.1) is 0 Å². The molecular formula is C14H14O4. The number of hydrogen-bond acceptors (Lipinski definition) is 4. The monoisotopic (exact) mass is 246 g/mol. The van der Waals surface area contributed by atoms with Crippen LogP contribution in [-0.4, -0.2) is 15.3 Å². The number of benzene rings is 2. The molecule has 4 nitrogen and oxygen atoms in total. The molecule has 3 N–H and O–H groups in total. The van der Waals surface area contributed by atoms with Gasteiger partial charge in [0.15, 0.2) is 11.5 Å². The highest BCUT2D eigenvalue weighted by Gasteiger charge is 2.05. The van der Waals surface area contributed by atoms with E-state index in [2.05, 4.69) is 0 Å². The lowest BCUT2D eigenvalue weighted by Gasteiger charge is -2.08. The van der Waals surface area contributed by atoms with E-state index in [-0.39, 0.29) is 17.2 Å². The van der Waals surface area contributed by atoms with Gasteiger partial charge >= 0.3 is 0 Å². The van der Waals surface area contributed by atoms with Crippen LogP contribution in [0.15, 0.2) is 36.4 Å². The molecule has 0 unspecified atom stereocenters. The van der Waals surface area contributed by atoms with Crippen LogP contribution in [0.4, 0.5) is 0 Å². The topological polar surface area (TPSA) is 69.9 Å². The van der Waals surface area contributed by atoms with Gasteiger partial charge in [0.25, 0.3) is 0 Å². The maximum Gasteiger partial charge on any atom is 0.161 e. The molecule has 94 valence electrons. The first-order valence-corrected chi connectivity index (χ1v) is 5.62. The molecule has 2 rings (SSSR count). The lowest BCUT2D eigenvalue weighted by molar-refractivity contribution is 0.397. The molecule has 0 atom stereocenters. The third-order valence-electron chi connectivity index (χ3n) is 2.62. The molecule has 0 bridgehead atoms. The van der Waals surface area contributed by atoms with Crippen molar-refractivity contribution in [3.63, 3.8) is 0 Å². The van der Waals surface area contributed by atoms with Crippen LogP contribution >= 0.6 is 0 Å². The largest absolute Gasteiger partial charge is 0.508 e. The van der Waals surface area contributed by atoms with E-state index in [1.807, 2.05) is 6.92 Å². The van der Waals surface area contributed by atoms with E-state index in [0.29, 0.717) is 11.5 Å². The number of aromatic hydroxyl groups is 3. The zero-order chi connectivity index (χ0) is 13.1. The van der Waals surface area contributed by atoms with Gasteiger partial charge in [-0.25, -0.2) is 0 Å². The minimum absolute atomic E-state index is 0.179. The first-order valence-electron chi connectivity index (χ1n) is 5.62. The summed E-state index contributed by atoms with van der Waals surface area (Å²) in [7, 11) is 0. The summed E-state index contributed by atoms with van der Waals surface area (Å²) in [4.78, 5) is 0. The average molecular weight is 246 g/mol. The van der Waals surface area contributed by atoms with Gasteiger partial charge in [0.2, 0.25) is 0 Å². The number of aryl methyl sites for hydroxylation is 1. The average Bonchev–Trinajstić information content (AvgIpc) is 2.34. The molecule has 18 heavy (non-hydrogen) atoms. The van der Waals surface area contributed by atoms with Gasteiger partial charge in [-0.1, -0.05) is 13.0 Å². The fourth-order valence-electron chi connectivity index (χ4n) is 1.61. The molecule has 0 aromatic heterocycles. The predicted molar refractivity (Wildman–Crippen MR) is 67.3 cm³/mol. The molecule has 4 heteroatoms. The maximum atomic E-state index is 9.70.